The third-order valence-electron chi connectivity index (χ3n) is 2.65. The second-order valence-corrected chi connectivity index (χ2v) is 4.16. The number of methoxy groups -OCH3 is 1. The summed E-state index contributed by atoms with van der Waals surface area (Å²) in [6, 6.07) is 1.47. The van der Waals surface area contributed by atoms with Crippen LogP contribution in [-0.4, -0.2) is 30.6 Å². The van der Waals surface area contributed by atoms with Gasteiger partial charge >= 0.3 is 6.18 Å². The number of alkyl halides is 3. The smallest absolute Gasteiger partial charge is 0.383 e. The van der Waals surface area contributed by atoms with Crippen LogP contribution in [-0.2, 0) is 10.9 Å². The number of primary amides is 1. The van der Waals surface area contributed by atoms with Crippen LogP contribution in [0.1, 0.15) is 29.4 Å². The van der Waals surface area contributed by atoms with E-state index in [9.17, 15) is 18.0 Å². The van der Waals surface area contributed by atoms with Gasteiger partial charge in [-0.3, -0.25) is 4.79 Å². The number of hydrogen-bond donors (Lipinski definition) is 2. The number of rotatable bonds is 6. The maximum absolute atomic E-state index is 12.6. The van der Waals surface area contributed by atoms with Gasteiger partial charge in [-0.05, 0) is 18.6 Å². The summed E-state index contributed by atoms with van der Waals surface area (Å²) in [5.74, 6) is -1.03. The van der Waals surface area contributed by atoms with Crippen molar-refractivity contribution in [2.24, 2.45) is 5.73 Å². The number of carbonyl (C=O) groups excluding carboxylic acids is 1. The minimum absolute atomic E-state index is 0.0902. The normalized spacial score (nSPS) is 13.1. The van der Waals surface area contributed by atoms with Crippen LogP contribution >= 0.6 is 0 Å². The average Bonchev–Trinajstić information content (AvgIpc) is 2.36. The third-order valence-corrected chi connectivity index (χ3v) is 2.65. The number of nitrogens with two attached hydrogens (primary N) is 1. The Morgan fingerprint density at radius 2 is 2.15 bits per heavy atom. The van der Waals surface area contributed by atoms with Crippen molar-refractivity contribution in [2.75, 3.05) is 19.0 Å². The molecule has 0 aliphatic carbocycles. The zero-order valence-corrected chi connectivity index (χ0v) is 11.1. The quantitative estimate of drug-likeness (QED) is 0.840. The van der Waals surface area contributed by atoms with E-state index in [1.165, 1.54) is 7.11 Å². The molecule has 1 amide bonds. The molecule has 1 aromatic heterocycles. The average molecular weight is 291 g/mol. The van der Waals surface area contributed by atoms with Crippen molar-refractivity contribution in [1.29, 1.82) is 0 Å². The molecule has 0 spiro atoms. The molecule has 0 aliphatic rings. The van der Waals surface area contributed by atoms with Crippen molar-refractivity contribution in [3.63, 3.8) is 0 Å². The molecule has 0 aromatic carbocycles. The molecule has 0 aliphatic heterocycles. The van der Waals surface area contributed by atoms with Gasteiger partial charge in [0.1, 0.15) is 11.5 Å². The second-order valence-electron chi connectivity index (χ2n) is 4.16. The van der Waals surface area contributed by atoms with Crippen LogP contribution in [0.3, 0.4) is 0 Å². The lowest BCUT2D eigenvalue weighted by Crippen LogP contribution is -2.27. The summed E-state index contributed by atoms with van der Waals surface area (Å²) in [7, 11) is 1.47. The van der Waals surface area contributed by atoms with E-state index in [4.69, 9.17) is 10.5 Å². The molecule has 1 atom stereocenters. The fraction of sp³-hybridized carbons (Fsp3) is 0.500. The topological polar surface area (TPSA) is 77.2 Å². The molecular weight excluding hydrogens is 275 g/mol. The van der Waals surface area contributed by atoms with Gasteiger partial charge in [-0.15, -0.1) is 0 Å². The molecule has 0 fully saturated rings. The lowest BCUT2D eigenvalue weighted by molar-refractivity contribution is -0.141. The summed E-state index contributed by atoms with van der Waals surface area (Å²) in [5.41, 5.74) is 3.96. The number of anilines is 1. The molecule has 1 heterocycles. The SMILES string of the molecule is CCC(COC)Nc1nc(C(F)(F)F)ccc1C(N)=O. The monoisotopic (exact) mass is 291 g/mol. The number of nitrogens with zero attached hydrogens (tertiary/aromatic N) is 1. The maximum Gasteiger partial charge on any atom is 0.433 e. The van der Waals surface area contributed by atoms with Crippen molar-refractivity contribution in [2.45, 2.75) is 25.6 Å². The van der Waals surface area contributed by atoms with E-state index < -0.39 is 17.8 Å². The Hall–Kier alpha value is -1.83. The van der Waals surface area contributed by atoms with Crippen LogP contribution in [0, 0.1) is 0 Å². The summed E-state index contributed by atoms with van der Waals surface area (Å²) < 4.78 is 42.8. The Balaban J connectivity index is 3.15. The zero-order valence-electron chi connectivity index (χ0n) is 11.1. The third kappa shape index (κ3) is 4.09. The molecule has 8 heteroatoms. The van der Waals surface area contributed by atoms with Crippen LogP contribution in [0.5, 0.6) is 0 Å². The lowest BCUT2D eigenvalue weighted by atomic mass is 10.2. The zero-order chi connectivity index (χ0) is 15.3. The summed E-state index contributed by atoms with van der Waals surface area (Å²) in [4.78, 5) is 14.7. The van der Waals surface area contributed by atoms with Gasteiger partial charge in [-0.1, -0.05) is 6.92 Å². The standard InChI is InChI=1S/C12H16F3N3O2/c1-3-7(6-20-2)17-11-8(10(16)19)4-5-9(18-11)12(13,14)15/h4-5,7H,3,6H2,1-2H3,(H2,16,19)(H,17,18). The van der Waals surface area contributed by atoms with E-state index in [0.29, 0.717) is 6.42 Å². The van der Waals surface area contributed by atoms with Gasteiger partial charge in [0, 0.05) is 7.11 Å². The molecule has 5 nitrogen and oxygen atoms in total. The first kappa shape index (κ1) is 16.2. The van der Waals surface area contributed by atoms with Gasteiger partial charge in [0.25, 0.3) is 5.91 Å². The lowest BCUT2D eigenvalue weighted by Gasteiger charge is -2.19. The Bertz CT molecular complexity index is 478. The fourth-order valence-corrected chi connectivity index (χ4v) is 1.58. The van der Waals surface area contributed by atoms with E-state index >= 15 is 0 Å². The molecule has 112 valence electrons. The first-order chi connectivity index (χ1) is 9.29. The van der Waals surface area contributed by atoms with E-state index in [0.717, 1.165) is 12.1 Å². The first-order valence-electron chi connectivity index (χ1n) is 5.93. The molecule has 1 unspecified atom stereocenters. The predicted molar refractivity (Wildman–Crippen MR) is 67.3 cm³/mol. The van der Waals surface area contributed by atoms with E-state index in [2.05, 4.69) is 10.3 Å². The van der Waals surface area contributed by atoms with Gasteiger partial charge in [-0.25, -0.2) is 4.98 Å². The van der Waals surface area contributed by atoms with Crippen molar-refractivity contribution < 1.29 is 22.7 Å². The van der Waals surface area contributed by atoms with E-state index in [1.807, 2.05) is 6.92 Å². The minimum Gasteiger partial charge on any atom is -0.383 e. The van der Waals surface area contributed by atoms with Crippen molar-refractivity contribution in [3.05, 3.63) is 23.4 Å². The number of carbonyl (C=O) groups is 1. The summed E-state index contributed by atoms with van der Waals surface area (Å²) in [6.45, 7) is 2.10. The van der Waals surface area contributed by atoms with Gasteiger partial charge in [0.2, 0.25) is 0 Å². The Morgan fingerprint density at radius 3 is 2.60 bits per heavy atom. The minimum atomic E-state index is -4.59. The first-order valence-corrected chi connectivity index (χ1v) is 5.93. The Morgan fingerprint density at radius 1 is 1.50 bits per heavy atom. The highest BCUT2D eigenvalue weighted by Crippen LogP contribution is 2.29. The van der Waals surface area contributed by atoms with E-state index in [-0.39, 0.29) is 24.0 Å². The number of ether oxygens (including phenoxy) is 1. The molecule has 3 N–H and O–H groups in total. The van der Waals surface area contributed by atoms with Crippen LogP contribution in [0.25, 0.3) is 0 Å². The number of hydrogen-bond acceptors (Lipinski definition) is 4. The number of halogens is 3. The number of pyridine rings is 1. The molecule has 20 heavy (non-hydrogen) atoms. The van der Waals surface area contributed by atoms with E-state index in [1.54, 1.807) is 0 Å². The number of nitrogens with one attached hydrogen (secondary N) is 1. The highest BCUT2D eigenvalue weighted by molar-refractivity contribution is 5.97. The number of aromatic nitrogens is 1. The van der Waals surface area contributed by atoms with Gasteiger partial charge < -0.3 is 15.8 Å². The molecule has 0 saturated carbocycles. The summed E-state index contributed by atoms with van der Waals surface area (Å²) >= 11 is 0. The molecule has 1 rings (SSSR count). The van der Waals surface area contributed by atoms with Crippen LogP contribution < -0.4 is 11.1 Å². The molecule has 0 saturated heterocycles. The second kappa shape index (κ2) is 6.56. The highest BCUT2D eigenvalue weighted by atomic mass is 19.4. The van der Waals surface area contributed by atoms with Crippen LogP contribution in [0.4, 0.5) is 19.0 Å². The Kier molecular flexibility index (Phi) is 5.32. The molecular formula is C12H16F3N3O2. The van der Waals surface area contributed by atoms with Crippen molar-refractivity contribution in [3.8, 4) is 0 Å². The molecule has 0 radical (unpaired) electrons. The fourth-order valence-electron chi connectivity index (χ4n) is 1.58. The van der Waals surface area contributed by atoms with Gasteiger partial charge in [0.05, 0.1) is 18.2 Å². The maximum atomic E-state index is 12.6. The van der Waals surface area contributed by atoms with Crippen LogP contribution in [0.15, 0.2) is 12.1 Å². The predicted octanol–water partition coefficient (Wildman–Crippen LogP) is 2.04. The van der Waals surface area contributed by atoms with Crippen LogP contribution in [0.2, 0.25) is 0 Å². The van der Waals surface area contributed by atoms with Gasteiger partial charge in [0.15, 0.2) is 0 Å². The van der Waals surface area contributed by atoms with Crippen molar-refractivity contribution in [1.82, 2.24) is 4.98 Å². The molecule has 0 bridgehead atoms. The van der Waals surface area contributed by atoms with Crippen molar-refractivity contribution >= 4 is 11.7 Å². The summed E-state index contributed by atoms with van der Waals surface area (Å²) in [6.07, 6.45) is -4.00. The highest BCUT2D eigenvalue weighted by Gasteiger charge is 2.33. The van der Waals surface area contributed by atoms with Gasteiger partial charge in [-0.2, -0.15) is 13.2 Å². The summed E-state index contributed by atoms with van der Waals surface area (Å²) in [5, 5.41) is 2.76. The number of amides is 1. The Labute approximate surface area is 114 Å². The largest absolute Gasteiger partial charge is 0.433 e. The molecule has 1 aromatic rings.